The Morgan fingerprint density at radius 2 is 2.04 bits per heavy atom. The lowest BCUT2D eigenvalue weighted by Gasteiger charge is -2.07. The molecule has 0 saturated heterocycles. The number of rotatable bonds is 7. The third kappa shape index (κ3) is 4.16. The number of benzene rings is 1. The van der Waals surface area contributed by atoms with Gasteiger partial charge in [0.25, 0.3) is 5.91 Å². The molecule has 0 unspecified atom stereocenters. The molecule has 2 N–H and O–H groups in total. The summed E-state index contributed by atoms with van der Waals surface area (Å²) in [5.74, 6) is 0.0519. The maximum absolute atomic E-state index is 12.1. The predicted octanol–water partition coefficient (Wildman–Crippen LogP) is 2.28. The normalized spacial score (nSPS) is 10.4. The van der Waals surface area contributed by atoms with Gasteiger partial charge in [-0.15, -0.1) is 0 Å². The summed E-state index contributed by atoms with van der Waals surface area (Å²) in [7, 11) is 0. The molecule has 8 nitrogen and oxygen atoms in total. The molecule has 0 atom stereocenters. The van der Waals surface area contributed by atoms with Crippen molar-refractivity contribution in [1.82, 2.24) is 20.1 Å². The molecule has 3 rings (SSSR count). The minimum absolute atomic E-state index is 0.0777. The number of nitrogens with one attached hydrogen (secondary N) is 1. The van der Waals surface area contributed by atoms with Gasteiger partial charge in [-0.2, -0.15) is 15.0 Å². The predicted molar refractivity (Wildman–Crippen MR) is 102 cm³/mol. The van der Waals surface area contributed by atoms with E-state index < -0.39 is 0 Å². The molecule has 0 fully saturated rings. The van der Waals surface area contributed by atoms with Gasteiger partial charge < -0.3 is 15.2 Å². The van der Waals surface area contributed by atoms with Gasteiger partial charge in [-0.25, -0.2) is 4.98 Å². The summed E-state index contributed by atoms with van der Waals surface area (Å²) >= 11 is 0. The van der Waals surface area contributed by atoms with E-state index in [2.05, 4.69) is 21.5 Å². The Balaban J connectivity index is 1.74. The molecule has 28 heavy (non-hydrogen) atoms. The molecule has 2 heterocycles. The van der Waals surface area contributed by atoms with Crippen molar-refractivity contribution in [2.24, 2.45) is 0 Å². The van der Waals surface area contributed by atoms with Crippen LogP contribution in [0.4, 0.5) is 0 Å². The summed E-state index contributed by atoms with van der Waals surface area (Å²) in [6.45, 7) is 3.36. The molecule has 1 amide bonds. The maximum Gasteiger partial charge on any atom is 0.252 e. The van der Waals surface area contributed by atoms with Gasteiger partial charge in [-0.1, -0.05) is 12.1 Å². The van der Waals surface area contributed by atoms with Crippen LogP contribution in [0.3, 0.4) is 0 Å². The molecule has 0 aliphatic carbocycles. The number of hydrogen-bond donors (Lipinski definition) is 2. The van der Waals surface area contributed by atoms with Crippen LogP contribution in [-0.2, 0) is 4.74 Å². The molecule has 2 aromatic heterocycles. The lowest BCUT2D eigenvalue weighted by molar-refractivity contribution is 0.0922. The number of aromatic hydroxyl groups is 1. The highest BCUT2D eigenvalue weighted by atomic mass is 16.5. The van der Waals surface area contributed by atoms with Crippen molar-refractivity contribution in [3.8, 4) is 28.9 Å². The van der Waals surface area contributed by atoms with Gasteiger partial charge in [-0.05, 0) is 36.8 Å². The van der Waals surface area contributed by atoms with Crippen molar-refractivity contribution in [3.63, 3.8) is 0 Å². The second-order valence-electron chi connectivity index (χ2n) is 5.84. The smallest absolute Gasteiger partial charge is 0.252 e. The summed E-state index contributed by atoms with van der Waals surface area (Å²) in [6.07, 6.45) is 2.95. The van der Waals surface area contributed by atoms with Gasteiger partial charge in [0.1, 0.15) is 0 Å². The first-order valence-corrected chi connectivity index (χ1v) is 8.74. The molecule has 0 aliphatic heterocycles. The lowest BCUT2D eigenvalue weighted by atomic mass is 10.1. The fourth-order valence-corrected chi connectivity index (χ4v) is 2.57. The van der Waals surface area contributed by atoms with Crippen LogP contribution < -0.4 is 5.32 Å². The average Bonchev–Trinajstić information content (AvgIpc) is 3.12. The maximum atomic E-state index is 12.1. The molecule has 0 radical (unpaired) electrons. The minimum atomic E-state index is -0.248. The Kier molecular flexibility index (Phi) is 5.99. The van der Waals surface area contributed by atoms with E-state index in [0.717, 1.165) is 5.56 Å². The SMILES string of the molecule is CCOCCNC(=O)c1ccc(-n2ncc(-c3ccc(C#N)cc3)c2O)nc1. The third-order valence-electron chi connectivity index (χ3n) is 4.03. The van der Waals surface area contributed by atoms with Crippen molar-refractivity contribution in [3.05, 3.63) is 59.9 Å². The van der Waals surface area contributed by atoms with E-state index in [1.165, 1.54) is 17.1 Å². The Labute approximate surface area is 162 Å². The van der Waals surface area contributed by atoms with Crippen LogP contribution in [0.15, 0.2) is 48.8 Å². The Morgan fingerprint density at radius 3 is 2.68 bits per heavy atom. The van der Waals surface area contributed by atoms with Crippen LogP contribution in [0.1, 0.15) is 22.8 Å². The van der Waals surface area contributed by atoms with Crippen molar-refractivity contribution in [1.29, 1.82) is 5.26 Å². The average molecular weight is 377 g/mol. The van der Waals surface area contributed by atoms with E-state index in [1.807, 2.05) is 6.92 Å². The van der Waals surface area contributed by atoms with Crippen molar-refractivity contribution in [2.75, 3.05) is 19.8 Å². The monoisotopic (exact) mass is 377 g/mol. The first kappa shape index (κ1) is 19.1. The number of carbonyl (C=O) groups excluding carboxylic acids is 1. The van der Waals surface area contributed by atoms with E-state index in [9.17, 15) is 9.90 Å². The van der Waals surface area contributed by atoms with E-state index in [4.69, 9.17) is 10.00 Å². The summed E-state index contributed by atoms with van der Waals surface area (Å²) in [5.41, 5.74) is 2.18. The van der Waals surface area contributed by atoms with Gasteiger partial charge in [0.2, 0.25) is 5.88 Å². The number of nitrogens with zero attached hydrogens (tertiary/aromatic N) is 4. The van der Waals surface area contributed by atoms with Crippen LogP contribution in [-0.4, -0.2) is 45.5 Å². The minimum Gasteiger partial charge on any atom is -0.493 e. The second-order valence-corrected chi connectivity index (χ2v) is 5.84. The number of amides is 1. The molecule has 0 saturated carbocycles. The van der Waals surface area contributed by atoms with Crippen molar-refractivity contribution >= 4 is 5.91 Å². The summed E-state index contributed by atoms with van der Waals surface area (Å²) in [4.78, 5) is 16.3. The van der Waals surface area contributed by atoms with Crippen molar-refractivity contribution < 1.29 is 14.6 Å². The van der Waals surface area contributed by atoms with E-state index in [0.29, 0.717) is 42.3 Å². The molecule has 0 spiro atoms. The fraction of sp³-hybridized carbons (Fsp3) is 0.200. The standard InChI is InChI=1S/C20H19N5O3/c1-2-28-10-9-22-19(26)16-7-8-18(23-12-16)25-20(27)17(13-24-25)15-5-3-14(11-21)4-6-15/h3-8,12-13,27H,2,9-10H2,1H3,(H,22,26). The van der Waals surface area contributed by atoms with Crippen LogP contribution >= 0.6 is 0 Å². The fourth-order valence-electron chi connectivity index (χ4n) is 2.57. The van der Waals surface area contributed by atoms with Gasteiger partial charge in [0, 0.05) is 19.3 Å². The quantitative estimate of drug-likeness (QED) is 0.611. The van der Waals surface area contributed by atoms with Gasteiger partial charge in [0.05, 0.1) is 35.6 Å². The molecule has 8 heteroatoms. The Hall–Kier alpha value is -3.70. The molecule has 142 valence electrons. The zero-order valence-corrected chi connectivity index (χ0v) is 15.3. The van der Waals surface area contributed by atoms with Gasteiger partial charge >= 0.3 is 0 Å². The van der Waals surface area contributed by atoms with E-state index >= 15 is 0 Å². The highest BCUT2D eigenvalue weighted by Gasteiger charge is 2.14. The second kappa shape index (κ2) is 8.79. The number of nitriles is 1. The van der Waals surface area contributed by atoms with Gasteiger partial charge in [0.15, 0.2) is 5.82 Å². The van der Waals surface area contributed by atoms with Gasteiger partial charge in [-0.3, -0.25) is 4.79 Å². The number of hydrogen-bond acceptors (Lipinski definition) is 6. The van der Waals surface area contributed by atoms with E-state index in [1.54, 1.807) is 36.4 Å². The Bertz CT molecular complexity index is 988. The number of aromatic nitrogens is 3. The van der Waals surface area contributed by atoms with Crippen LogP contribution in [0.5, 0.6) is 5.88 Å². The first-order chi connectivity index (χ1) is 13.6. The zero-order valence-electron chi connectivity index (χ0n) is 15.3. The van der Waals surface area contributed by atoms with Crippen LogP contribution in [0, 0.1) is 11.3 Å². The first-order valence-electron chi connectivity index (χ1n) is 8.74. The zero-order chi connectivity index (χ0) is 19.9. The number of pyridine rings is 1. The van der Waals surface area contributed by atoms with Crippen LogP contribution in [0.25, 0.3) is 16.9 Å². The third-order valence-corrected chi connectivity index (χ3v) is 4.03. The molecule has 3 aromatic rings. The summed E-state index contributed by atoms with van der Waals surface area (Å²) < 4.78 is 6.46. The molecular formula is C20H19N5O3. The topological polar surface area (TPSA) is 113 Å². The molecule has 1 aromatic carbocycles. The highest BCUT2D eigenvalue weighted by molar-refractivity contribution is 5.93. The lowest BCUT2D eigenvalue weighted by Crippen LogP contribution is -2.27. The van der Waals surface area contributed by atoms with E-state index in [-0.39, 0.29) is 11.8 Å². The largest absolute Gasteiger partial charge is 0.493 e. The molecular weight excluding hydrogens is 358 g/mol. The number of carbonyl (C=O) groups is 1. The highest BCUT2D eigenvalue weighted by Crippen LogP contribution is 2.30. The molecule has 0 bridgehead atoms. The molecule has 0 aliphatic rings. The number of ether oxygens (including phenoxy) is 1. The Morgan fingerprint density at radius 1 is 1.25 bits per heavy atom. The van der Waals surface area contributed by atoms with Crippen LogP contribution in [0.2, 0.25) is 0 Å². The summed E-state index contributed by atoms with van der Waals surface area (Å²) in [6, 6.07) is 12.1. The summed E-state index contributed by atoms with van der Waals surface area (Å²) in [5, 5.41) is 26.3. The van der Waals surface area contributed by atoms with Crippen molar-refractivity contribution in [2.45, 2.75) is 6.92 Å².